The van der Waals surface area contributed by atoms with E-state index in [0.717, 1.165) is 33.5 Å². The molecule has 0 spiro atoms. The molecule has 0 amide bonds. The summed E-state index contributed by atoms with van der Waals surface area (Å²) in [5, 5.41) is 14.1. The number of phenolic OH excluding ortho intramolecular Hbond substituents is 1. The fraction of sp³-hybridized carbons (Fsp3) is 0.273. The Morgan fingerprint density at radius 1 is 1.31 bits per heavy atom. The Morgan fingerprint density at radius 2 is 2.15 bits per heavy atom. The number of aromatic hydroxyl groups is 1. The number of hydrogen-bond acceptors (Lipinski definition) is 3. The van der Waals surface area contributed by atoms with Gasteiger partial charge in [0.15, 0.2) is 0 Å². The number of halogens is 1. The minimum absolute atomic E-state index is 0.0228. The summed E-state index contributed by atoms with van der Waals surface area (Å²) in [4.78, 5) is 0. The predicted octanol–water partition coefficient (Wildman–Crippen LogP) is 5.94. The molecule has 0 radical (unpaired) electrons. The molecular weight excluding hydrogens is 390 g/mol. The third-order valence-electron chi connectivity index (χ3n) is 5.16. The van der Waals surface area contributed by atoms with Crippen LogP contribution in [0.5, 0.6) is 11.5 Å². The van der Waals surface area contributed by atoms with Crippen LogP contribution in [0.25, 0.3) is 0 Å². The zero-order valence-electron chi connectivity index (χ0n) is 14.7. The monoisotopic (exact) mass is 411 g/mol. The minimum atomic E-state index is 0.0228. The highest BCUT2D eigenvalue weighted by Gasteiger charge is 2.39. The number of allylic oxidation sites excluding steroid dienone is 2. The van der Waals surface area contributed by atoms with Gasteiger partial charge < -0.3 is 15.2 Å². The van der Waals surface area contributed by atoms with Gasteiger partial charge in [-0.05, 0) is 54.7 Å². The van der Waals surface area contributed by atoms with Gasteiger partial charge in [0, 0.05) is 16.0 Å². The Morgan fingerprint density at radius 3 is 2.96 bits per heavy atom. The molecule has 3 nitrogen and oxygen atoms in total. The summed E-state index contributed by atoms with van der Waals surface area (Å²) in [5.41, 5.74) is 4.18. The van der Waals surface area contributed by atoms with Gasteiger partial charge in [0.05, 0.1) is 11.7 Å². The maximum Gasteiger partial charge on any atom is 0.143 e. The molecule has 2 aromatic carbocycles. The van der Waals surface area contributed by atoms with Gasteiger partial charge in [-0.2, -0.15) is 0 Å². The second-order valence-electron chi connectivity index (χ2n) is 7.14. The van der Waals surface area contributed by atoms with Gasteiger partial charge in [0.25, 0.3) is 0 Å². The quantitative estimate of drug-likeness (QED) is 0.611. The topological polar surface area (TPSA) is 41.5 Å². The Balaban J connectivity index is 1.78. The molecule has 134 valence electrons. The van der Waals surface area contributed by atoms with Crippen LogP contribution in [0.15, 0.2) is 65.2 Å². The SMILES string of the molecule is C=C(C)COc1cccc2c1NC(c1cc(Br)ccc1O)C1CC=CC21. The van der Waals surface area contributed by atoms with Crippen molar-refractivity contribution in [1.29, 1.82) is 0 Å². The Hall–Kier alpha value is -2.20. The summed E-state index contributed by atoms with van der Waals surface area (Å²) in [6.45, 7) is 6.38. The third kappa shape index (κ3) is 3.03. The molecule has 1 heterocycles. The number of anilines is 1. The van der Waals surface area contributed by atoms with Crippen molar-refractivity contribution in [1.82, 2.24) is 0 Å². The molecule has 3 unspecified atom stereocenters. The highest BCUT2D eigenvalue weighted by molar-refractivity contribution is 9.10. The van der Waals surface area contributed by atoms with Gasteiger partial charge in [0.1, 0.15) is 18.1 Å². The molecule has 2 aromatic rings. The van der Waals surface area contributed by atoms with Crippen LogP contribution < -0.4 is 10.1 Å². The van der Waals surface area contributed by atoms with Crippen molar-refractivity contribution in [2.45, 2.75) is 25.3 Å². The number of ether oxygens (including phenoxy) is 1. The lowest BCUT2D eigenvalue weighted by molar-refractivity contribution is 0.347. The van der Waals surface area contributed by atoms with E-state index in [2.05, 4.69) is 46.0 Å². The van der Waals surface area contributed by atoms with Crippen molar-refractivity contribution in [2.24, 2.45) is 5.92 Å². The van der Waals surface area contributed by atoms with Crippen molar-refractivity contribution in [3.8, 4) is 11.5 Å². The van der Waals surface area contributed by atoms with E-state index < -0.39 is 0 Å². The molecule has 0 bridgehead atoms. The first-order chi connectivity index (χ1) is 12.5. The average molecular weight is 412 g/mol. The summed E-state index contributed by atoms with van der Waals surface area (Å²) in [6, 6.07) is 11.8. The summed E-state index contributed by atoms with van der Waals surface area (Å²) < 4.78 is 6.96. The van der Waals surface area contributed by atoms with E-state index in [1.807, 2.05) is 31.2 Å². The maximum absolute atomic E-state index is 10.5. The first-order valence-electron chi connectivity index (χ1n) is 8.86. The smallest absolute Gasteiger partial charge is 0.143 e. The molecule has 2 N–H and O–H groups in total. The van der Waals surface area contributed by atoms with E-state index >= 15 is 0 Å². The van der Waals surface area contributed by atoms with Crippen LogP contribution in [-0.2, 0) is 0 Å². The van der Waals surface area contributed by atoms with E-state index in [9.17, 15) is 5.11 Å². The molecule has 3 atom stereocenters. The molecule has 0 fully saturated rings. The third-order valence-corrected chi connectivity index (χ3v) is 5.65. The number of hydrogen-bond donors (Lipinski definition) is 2. The largest absolute Gasteiger partial charge is 0.508 e. The van der Waals surface area contributed by atoms with E-state index in [1.54, 1.807) is 6.07 Å². The van der Waals surface area contributed by atoms with Crippen LogP contribution in [0.1, 0.15) is 36.4 Å². The standard InChI is InChI=1S/C22H22BrNO2/c1-13(2)12-26-20-8-4-7-17-15-5-3-6-16(15)21(24-22(17)20)18-11-14(23)9-10-19(18)25/h3-5,7-11,15-16,21,24-25H,1,6,12H2,2H3. The number of para-hydroxylation sites is 1. The summed E-state index contributed by atoms with van der Waals surface area (Å²) >= 11 is 3.53. The van der Waals surface area contributed by atoms with E-state index in [1.165, 1.54) is 5.56 Å². The van der Waals surface area contributed by atoms with Gasteiger partial charge in [-0.3, -0.25) is 0 Å². The van der Waals surface area contributed by atoms with Crippen molar-refractivity contribution >= 4 is 21.6 Å². The fourth-order valence-electron chi connectivity index (χ4n) is 4.00. The van der Waals surface area contributed by atoms with E-state index in [4.69, 9.17) is 4.74 Å². The number of fused-ring (bicyclic) bond motifs is 3. The molecule has 1 aliphatic carbocycles. The lowest BCUT2D eigenvalue weighted by Gasteiger charge is -2.38. The number of nitrogens with one attached hydrogen (secondary N) is 1. The zero-order valence-corrected chi connectivity index (χ0v) is 16.3. The minimum Gasteiger partial charge on any atom is -0.508 e. The normalized spacial score (nSPS) is 23.1. The number of rotatable bonds is 4. The van der Waals surface area contributed by atoms with Crippen LogP contribution in [0.4, 0.5) is 5.69 Å². The van der Waals surface area contributed by atoms with Gasteiger partial charge >= 0.3 is 0 Å². The number of phenols is 1. The first kappa shape index (κ1) is 17.2. The Kier molecular flexibility index (Phi) is 4.53. The van der Waals surface area contributed by atoms with E-state index in [0.29, 0.717) is 24.2 Å². The first-order valence-corrected chi connectivity index (χ1v) is 9.65. The average Bonchev–Trinajstić information content (AvgIpc) is 3.11. The molecule has 0 saturated heterocycles. The van der Waals surface area contributed by atoms with Crippen molar-refractivity contribution in [3.05, 3.63) is 76.3 Å². The predicted molar refractivity (Wildman–Crippen MR) is 109 cm³/mol. The van der Waals surface area contributed by atoms with Gasteiger partial charge in [0.2, 0.25) is 0 Å². The van der Waals surface area contributed by atoms with Crippen molar-refractivity contribution in [2.75, 3.05) is 11.9 Å². The van der Waals surface area contributed by atoms with E-state index in [-0.39, 0.29) is 6.04 Å². The molecule has 2 aliphatic rings. The van der Waals surface area contributed by atoms with Crippen molar-refractivity contribution < 1.29 is 9.84 Å². The molecule has 4 rings (SSSR count). The molecule has 26 heavy (non-hydrogen) atoms. The van der Waals surface area contributed by atoms with Crippen LogP contribution in [0.2, 0.25) is 0 Å². The maximum atomic E-state index is 10.5. The number of benzene rings is 2. The lowest BCUT2D eigenvalue weighted by atomic mass is 9.76. The summed E-state index contributed by atoms with van der Waals surface area (Å²) in [5.74, 6) is 1.85. The fourth-order valence-corrected chi connectivity index (χ4v) is 4.38. The summed E-state index contributed by atoms with van der Waals surface area (Å²) in [6.07, 6.45) is 5.52. The Bertz CT molecular complexity index is 890. The lowest BCUT2D eigenvalue weighted by Crippen LogP contribution is -2.29. The second kappa shape index (κ2) is 6.84. The molecule has 0 saturated carbocycles. The van der Waals surface area contributed by atoms with Crippen molar-refractivity contribution in [3.63, 3.8) is 0 Å². The molecule has 0 aromatic heterocycles. The van der Waals surface area contributed by atoms with Gasteiger partial charge in [-0.25, -0.2) is 0 Å². The summed E-state index contributed by atoms with van der Waals surface area (Å²) in [7, 11) is 0. The molecule has 4 heteroatoms. The van der Waals surface area contributed by atoms with Gasteiger partial charge in [-0.15, -0.1) is 0 Å². The Labute approximate surface area is 162 Å². The molecule has 1 aliphatic heterocycles. The van der Waals surface area contributed by atoms with Gasteiger partial charge in [-0.1, -0.05) is 46.8 Å². The van der Waals surface area contributed by atoms with Crippen LogP contribution in [0, 0.1) is 5.92 Å². The molecular formula is C22H22BrNO2. The highest BCUT2D eigenvalue weighted by Crippen LogP contribution is 2.53. The van der Waals surface area contributed by atoms with Crippen LogP contribution in [-0.4, -0.2) is 11.7 Å². The van der Waals surface area contributed by atoms with Crippen LogP contribution in [0.3, 0.4) is 0 Å². The second-order valence-corrected chi connectivity index (χ2v) is 8.06. The zero-order chi connectivity index (χ0) is 18.3. The van der Waals surface area contributed by atoms with Crippen LogP contribution >= 0.6 is 15.9 Å². The highest BCUT2D eigenvalue weighted by atomic mass is 79.9.